The van der Waals surface area contributed by atoms with E-state index in [1.54, 1.807) is 6.07 Å². The first-order valence-electron chi connectivity index (χ1n) is 6.32. The van der Waals surface area contributed by atoms with Gasteiger partial charge in [0.15, 0.2) is 0 Å². The second-order valence-corrected chi connectivity index (χ2v) is 4.66. The number of nitrogens with one attached hydrogen (secondary N) is 1. The molecule has 1 N–H and O–H groups in total. The summed E-state index contributed by atoms with van der Waals surface area (Å²) in [5.41, 5.74) is 0.743. The van der Waals surface area contributed by atoms with Gasteiger partial charge in [0.1, 0.15) is 5.82 Å². The molecule has 2 nitrogen and oxygen atoms in total. The Morgan fingerprint density at radius 2 is 2.12 bits per heavy atom. The fourth-order valence-electron chi connectivity index (χ4n) is 2.34. The van der Waals surface area contributed by atoms with E-state index in [1.807, 2.05) is 26.0 Å². The molecule has 0 aliphatic heterocycles. The van der Waals surface area contributed by atoms with E-state index in [0.717, 1.165) is 25.0 Å². The number of hydrogen-bond donors (Lipinski definition) is 1. The number of benzene rings is 1. The van der Waals surface area contributed by atoms with E-state index in [2.05, 4.69) is 5.32 Å². The van der Waals surface area contributed by atoms with Gasteiger partial charge in [0.25, 0.3) is 0 Å². The quantitative estimate of drug-likeness (QED) is 0.850. The number of halogens is 1. The third-order valence-electron chi connectivity index (χ3n) is 3.35. The minimum Gasteiger partial charge on any atom is -0.378 e. The molecule has 17 heavy (non-hydrogen) atoms. The molecule has 1 fully saturated rings. The van der Waals surface area contributed by atoms with Gasteiger partial charge >= 0.3 is 0 Å². The predicted octanol–water partition coefficient (Wildman–Crippen LogP) is 3.04. The second kappa shape index (κ2) is 5.61. The van der Waals surface area contributed by atoms with Crippen molar-refractivity contribution in [2.24, 2.45) is 0 Å². The first-order valence-corrected chi connectivity index (χ1v) is 6.32. The second-order valence-electron chi connectivity index (χ2n) is 4.66. The van der Waals surface area contributed by atoms with Crippen molar-refractivity contribution in [1.29, 1.82) is 0 Å². The molecule has 1 aliphatic rings. The summed E-state index contributed by atoms with van der Waals surface area (Å²) in [6.45, 7) is 4.80. The van der Waals surface area contributed by atoms with Gasteiger partial charge in [-0.1, -0.05) is 18.2 Å². The summed E-state index contributed by atoms with van der Waals surface area (Å²) >= 11 is 0. The highest BCUT2D eigenvalue weighted by Crippen LogP contribution is 2.26. The van der Waals surface area contributed by atoms with Gasteiger partial charge in [0, 0.05) is 24.3 Å². The average molecular weight is 237 g/mol. The van der Waals surface area contributed by atoms with E-state index in [9.17, 15) is 4.39 Å². The molecule has 0 bridgehead atoms. The molecule has 1 atom stereocenters. The van der Waals surface area contributed by atoms with Crippen LogP contribution in [0.5, 0.6) is 0 Å². The molecule has 0 amide bonds. The standard InChI is InChI=1S/C14H20FNO/c1-3-17-12-8-11(9-12)16-10(2)13-6-4-5-7-14(13)15/h4-7,10-12,16H,3,8-9H2,1-2H3. The highest BCUT2D eigenvalue weighted by Gasteiger charge is 2.30. The largest absolute Gasteiger partial charge is 0.378 e. The van der Waals surface area contributed by atoms with Crippen molar-refractivity contribution in [3.05, 3.63) is 35.6 Å². The minimum atomic E-state index is -0.131. The molecule has 0 radical (unpaired) electrons. The van der Waals surface area contributed by atoms with Gasteiger partial charge in [0.05, 0.1) is 6.10 Å². The van der Waals surface area contributed by atoms with Crippen LogP contribution in [0.4, 0.5) is 4.39 Å². The Balaban J connectivity index is 1.83. The van der Waals surface area contributed by atoms with Crippen LogP contribution in [0, 0.1) is 5.82 Å². The SMILES string of the molecule is CCOC1CC(NC(C)c2ccccc2F)C1. The first kappa shape index (κ1) is 12.5. The van der Waals surface area contributed by atoms with E-state index < -0.39 is 0 Å². The maximum absolute atomic E-state index is 13.5. The monoisotopic (exact) mass is 237 g/mol. The van der Waals surface area contributed by atoms with Crippen LogP contribution in [0.1, 0.15) is 38.3 Å². The molecule has 1 aliphatic carbocycles. The van der Waals surface area contributed by atoms with Crippen molar-refractivity contribution in [1.82, 2.24) is 5.32 Å². The van der Waals surface area contributed by atoms with Gasteiger partial charge in [-0.05, 0) is 32.8 Å². The van der Waals surface area contributed by atoms with Gasteiger partial charge in [-0.3, -0.25) is 0 Å². The van der Waals surface area contributed by atoms with Crippen LogP contribution in [-0.2, 0) is 4.74 Å². The summed E-state index contributed by atoms with van der Waals surface area (Å²) in [6.07, 6.45) is 2.46. The molecular formula is C14H20FNO. The van der Waals surface area contributed by atoms with E-state index in [0.29, 0.717) is 12.1 Å². The smallest absolute Gasteiger partial charge is 0.127 e. The highest BCUT2D eigenvalue weighted by atomic mass is 19.1. The van der Waals surface area contributed by atoms with Crippen molar-refractivity contribution in [3.63, 3.8) is 0 Å². The van der Waals surface area contributed by atoms with Gasteiger partial charge in [-0.25, -0.2) is 4.39 Å². The van der Waals surface area contributed by atoms with Crippen LogP contribution in [0.3, 0.4) is 0 Å². The van der Waals surface area contributed by atoms with Gasteiger partial charge in [-0.15, -0.1) is 0 Å². The summed E-state index contributed by atoms with van der Waals surface area (Å²) in [5.74, 6) is -0.131. The van der Waals surface area contributed by atoms with E-state index in [1.165, 1.54) is 6.07 Å². The third-order valence-corrected chi connectivity index (χ3v) is 3.35. The van der Waals surface area contributed by atoms with Crippen LogP contribution in [-0.4, -0.2) is 18.8 Å². The highest BCUT2D eigenvalue weighted by molar-refractivity contribution is 5.20. The van der Waals surface area contributed by atoms with E-state index >= 15 is 0 Å². The van der Waals surface area contributed by atoms with E-state index in [-0.39, 0.29) is 11.9 Å². The predicted molar refractivity (Wildman–Crippen MR) is 66.4 cm³/mol. The minimum absolute atomic E-state index is 0.0591. The summed E-state index contributed by atoms with van der Waals surface area (Å²) in [5, 5.41) is 3.44. The normalized spacial score (nSPS) is 25.4. The Morgan fingerprint density at radius 3 is 2.76 bits per heavy atom. The van der Waals surface area contributed by atoms with Crippen molar-refractivity contribution >= 4 is 0 Å². The van der Waals surface area contributed by atoms with Crippen molar-refractivity contribution in [3.8, 4) is 0 Å². The molecule has 0 aromatic heterocycles. The van der Waals surface area contributed by atoms with Gasteiger partial charge in [-0.2, -0.15) is 0 Å². The molecule has 94 valence electrons. The Morgan fingerprint density at radius 1 is 1.41 bits per heavy atom. The Hall–Kier alpha value is -0.930. The summed E-state index contributed by atoms with van der Waals surface area (Å²) < 4.78 is 19.1. The van der Waals surface area contributed by atoms with E-state index in [4.69, 9.17) is 4.74 Å². The number of hydrogen-bond acceptors (Lipinski definition) is 2. The molecule has 1 aromatic carbocycles. The van der Waals surface area contributed by atoms with Crippen LogP contribution in [0.15, 0.2) is 24.3 Å². The maximum atomic E-state index is 13.5. The molecule has 0 spiro atoms. The molecule has 0 heterocycles. The average Bonchev–Trinajstić information content (AvgIpc) is 2.26. The van der Waals surface area contributed by atoms with Gasteiger partial charge < -0.3 is 10.1 Å². The lowest BCUT2D eigenvalue weighted by atomic mass is 9.88. The molecule has 0 saturated heterocycles. The number of ether oxygens (including phenoxy) is 1. The topological polar surface area (TPSA) is 21.3 Å². The molecule has 2 rings (SSSR count). The van der Waals surface area contributed by atoms with Gasteiger partial charge in [0.2, 0.25) is 0 Å². The summed E-state index contributed by atoms with van der Waals surface area (Å²) in [4.78, 5) is 0. The van der Waals surface area contributed by atoms with Crippen LogP contribution < -0.4 is 5.32 Å². The zero-order valence-electron chi connectivity index (χ0n) is 10.4. The molecule has 1 unspecified atom stereocenters. The van der Waals surface area contributed by atoms with Crippen LogP contribution in [0.25, 0.3) is 0 Å². The summed E-state index contributed by atoms with van der Waals surface area (Å²) in [6, 6.07) is 7.47. The molecular weight excluding hydrogens is 217 g/mol. The van der Waals surface area contributed by atoms with Crippen molar-refractivity contribution in [2.45, 2.75) is 44.9 Å². The lowest BCUT2D eigenvalue weighted by Gasteiger charge is -2.37. The number of rotatable bonds is 5. The third kappa shape index (κ3) is 3.05. The fraction of sp³-hybridized carbons (Fsp3) is 0.571. The molecule has 3 heteroatoms. The van der Waals surface area contributed by atoms with Crippen LogP contribution in [0.2, 0.25) is 0 Å². The Kier molecular flexibility index (Phi) is 4.13. The molecule has 1 saturated carbocycles. The van der Waals surface area contributed by atoms with Crippen LogP contribution >= 0.6 is 0 Å². The zero-order chi connectivity index (χ0) is 12.3. The lowest BCUT2D eigenvalue weighted by Crippen LogP contribution is -2.46. The summed E-state index contributed by atoms with van der Waals surface area (Å²) in [7, 11) is 0. The fourth-order valence-corrected chi connectivity index (χ4v) is 2.34. The zero-order valence-corrected chi connectivity index (χ0v) is 10.4. The van der Waals surface area contributed by atoms with Crippen molar-refractivity contribution in [2.75, 3.05) is 6.61 Å². The Labute approximate surface area is 102 Å². The Bertz CT molecular complexity index is 363. The van der Waals surface area contributed by atoms with Crippen molar-refractivity contribution < 1.29 is 9.13 Å². The lowest BCUT2D eigenvalue weighted by molar-refractivity contribution is -0.0120. The molecule has 1 aromatic rings. The maximum Gasteiger partial charge on any atom is 0.127 e. The first-order chi connectivity index (χ1) is 8.20.